The summed E-state index contributed by atoms with van der Waals surface area (Å²) in [6.45, 7) is 2.19. The number of hydrogen-bond donors (Lipinski definition) is 0. The molecular weight excluding hydrogens is 329 g/mol. The summed E-state index contributed by atoms with van der Waals surface area (Å²) in [5, 5.41) is 3.60. The van der Waals surface area contributed by atoms with Gasteiger partial charge in [-0.25, -0.2) is 17.8 Å². The lowest BCUT2D eigenvalue weighted by Gasteiger charge is -1.98. The average molecular weight is 342 g/mol. The lowest BCUT2D eigenvalue weighted by molar-refractivity contribution is 0.160. The van der Waals surface area contributed by atoms with Crippen LogP contribution in [0.2, 0.25) is 0 Å². The van der Waals surface area contributed by atoms with E-state index < -0.39 is 33.9 Å². The van der Waals surface area contributed by atoms with Crippen molar-refractivity contribution >= 4 is 27.4 Å². The maximum atomic E-state index is 12.6. The molecule has 1 rings (SSSR count). The highest BCUT2D eigenvalue weighted by molar-refractivity contribution is 7.93. The van der Waals surface area contributed by atoms with Crippen LogP contribution < -0.4 is 0 Å². The van der Waals surface area contributed by atoms with Crippen LogP contribution in [0.1, 0.15) is 18.2 Å². The molecule has 0 bridgehead atoms. The Morgan fingerprint density at radius 1 is 1.48 bits per heavy atom. The molecular formula is C11H13F3N2O3S2. The van der Waals surface area contributed by atoms with Crippen molar-refractivity contribution in [3.8, 4) is 0 Å². The van der Waals surface area contributed by atoms with Gasteiger partial charge in [-0.15, -0.1) is 11.3 Å². The first kappa shape index (κ1) is 17.6. The van der Waals surface area contributed by atoms with Gasteiger partial charge in [-0.05, 0) is 6.92 Å². The lowest BCUT2D eigenvalue weighted by atomic mass is 10.4. The van der Waals surface area contributed by atoms with Crippen LogP contribution >= 0.6 is 11.3 Å². The highest BCUT2D eigenvalue weighted by Crippen LogP contribution is 2.22. The maximum absolute atomic E-state index is 12.6. The van der Waals surface area contributed by atoms with Gasteiger partial charge in [-0.3, -0.25) is 0 Å². The third kappa shape index (κ3) is 5.84. The molecule has 1 aromatic heterocycles. The van der Waals surface area contributed by atoms with Crippen molar-refractivity contribution in [2.75, 3.05) is 12.4 Å². The first-order chi connectivity index (χ1) is 9.86. The molecule has 0 spiro atoms. The molecule has 0 N–H and O–H groups in total. The second-order valence-electron chi connectivity index (χ2n) is 3.74. The molecule has 0 aliphatic heterocycles. The second kappa shape index (κ2) is 8.13. The van der Waals surface area contributed by atoms with Crippen molar-refractivity contribution in [1.29, 1.82) is 0 Å². The number of hydrogen-bond acceptors (Lipinski definition) is 6. The summed E-state index contributed by atoms with van der Waals surface area (Å²) in [5.41, 5.74) is 0. The van der Waals surface area contributed by atoms with E-state index in [0.29, 0.717) is 17.9 Å². The third-order valence-electron chi connectivity index (χ3n) is 2.16. The summed E-state index contributed by atoms with van der Waals surface area (Å²) < 4.78 is 59.8. The molecule has 0 radical (unpaired) electrons. The van der Waals surface area contributed by atoms with E-state index in [1.165, 1.54) is 12.4 Å². The van der Waals surface area contributed by atoms with Crippen molar-refractivity contribution in [2.24, 2.45) is 5.16 Å². The standard InChI is InChI=1S/C11H13F3N2O3S2/c1-2-19-16-5-3-8-7-15-11(20-8)21(17,18)6-4-9(12)10(13)14/h5,7H,2-4,6H2,1H3. The van der Waals surface area contributed by atoms with Crippen LogP contribution in [0, 0.1) is 0 Å². The monoisotopic (exact) mass is 342 g/mol. The molecule has 21 heavy (non-hydrogen) atoms. The summed E-state index contributed by atoms with van der Waals surface area (Å²) in [7, 11) is -3.88. The van der Waals surface area contributed by atoms with Crippen LogP contribution in [-0.4, -0.2) is 32.0 Å². The largest absolute Gasteiger partial charge is 0.396 e. The van der Waals surface area contributed by atoms with Gasteiger partial charge in [-0.2, -0.15) is 8.78 Å². The number of rotatable bonds is 8. The fraction of sp³-hybridized carbons (Fsp3) is 0.455. The normalized spacial score (nSPS) is 11.8. The lowest BCUT2D eigenvalue weighted by Crippen LogP contribution is -2.06. The molecule has 0 amide bonds. The second-order valence-corrected chi connectivity index (χ2v) is 7.13. The molecule has 0 aromatic carbocycles. The van der Waals surface area contributed by atoms with Crippen LogP contribution in [0.15, 0.2) is 27.6 Å². The predicted molar refractivity (Wildman–Crippen MR) is 73.0 cm³/mol. The molecule has 0 saturated carbocycles. The van der Waals surface area contributed by atoms with E-state index in [2.05, 4.69) is 10.1 Å². The summed E-state index contributed by atoms with van der Waals surface area (Å²) in [5.74, 6) is -2.48. The van der Waals surface area contributed by atoms with Crippen LogP contribution in [0.4, 0.5) is 13.2 Å². The fourth-order valence-corrected chi connectivity index (χ4v) is 3.70. The number of nitrogens with zero attached hydrogens (tertiary/aromatic N) is 2. The smallest absolute Gasteiger partial charge is 0.301 e. The predicted octanol–water partition coefficient (Wildman–Crippen LogP) is 2.95. The van der Waals surface area contributed by atoms with Crippen LogP contribution in [0.5, 0.6) is 0 Å². The van der Waals surface area contributed by atoms with Gasteiger partial charge in [0.2, 0.25) is 14.2 Å². The SMILES string of the molecule is CCON=CCc1cnc(S(=O)(=O)CCC(F)=C(F)F)s1. The van der Waals surface area contributed by atoms with Crippen LogP contribution in [0.25, 0.3) is 0 Å². The van der Waals surface area contributed by atoms with E-state index >= 15 is 0 Å². The zero-order chi connectivity index (χ0) is 15.9. The number of sulfone groups is 1. The van der Waals surface area contributed by atoms with Gasteiger partial charge in [0.1, 0.15) is 6.61 Å². The van der Waals surface area contributed by atoms with Crippen LogP contribution in [0.3, 0.4) is 0 Å². The Bertz CT molecular complexity index is 622. The topological polar surface area (TPSA) is 68.6 Å². The summed E-state index contributed by atoms with van der Waals surface area (Å²) in [4.78, 5) is 9.06. The number of aromatic nitrogens is 1. The van der Waals surface area contributed by atoms with Gasteiger partial charge in [0, 0.05) is 30.1 Å². The van der Waals surface area contributed by atoms with E-state index in [1.807, 2.05) is 0 Å². The summed E-state index contributed by atoms with van der Waals surface area (Å²) >= 11 is 0.886. The molecule has 1 heterocycles. The molecule has 0 atom stereocenters. The van der Waals surface area contributed by atoms with Gasteiger partial charge in [0.05, 0.1) is 5.75 Å². The third-order valence-corrected chi connectivity index (χ3v) is 5.37. The number of halogens is 3. The van der Waals surface area contributed by atoms with Crippen LogP contribution in [-0.2, 0) is 21.1 Å². The first-order valence-electron chi connectivity index (χ1n) is 5.87. The Morgan fingerprint density at radius 2 is 2.19 bits per heavy atom. The van der Waals surface area contributed by atoms with Gasteiger partial charge in [0.15, 0.2) is 5.83 Å². The molecule has 0 aliphatic carbocycles. The summed E-state index contributed by atoms with van der Waals surface area (Å²) in [6, 6.07) is 0. The van der Waals surface area contributed by atoms with E-state index in [9.17, 15) is 21.6 Å². The molecule has 10 heteroatoms. The maximum Gasteiger partial charge on any atom is 0.301 e. The van der Waals surface area contributed by atoms with E-state index in [1.54, 1.807) is 6.92 Å². The van der Waals surface area contributed by atoms with Crippen molar-refractivity contribution in [1.82, 2.24) is 4.98 Å². The molecule has 118 valence electrons. The first-order valence-corrected chi connectivity index (χ1v) is 8.34. The van der Waals surface area contributed by atoms with Gasteiger partial charge >= 0.3 is 6.08 Å². The van der Waals surface area contributed by atoms with E-state index in [0.717, 1.165) is 11.3 Å². The quantitative estimate of drug-likeness (QED) is 0.538. The Hall–Kier alpha value is -1.42. The fourth-order valence-electron chi connectivity index (χ4n) is 1.19. The molecule has 0 saturated heterocycles. The minimum atomic E-state index is -3.88. The Balaban J connectivity index is 2.68. The van der Waals surface area contributed by atoms with Crippen molar-refractivity contribution in [3.05, 3.63) is 23.0 Å². The minimum Gasteiger partial charge on any atom is -0.396 e. The number of oxime groups is 1. The minimum absolute atomic E-state index is 0.227. The number of thiazole rings is 1. The summed E-state index contributed by atoms with van der Waals surface area (Å²) in [6.07, 6.45) is -0.241. The average Bonchev–Trinajstić information content (AvgIpc) is 2.90. The van der Waals surface area contributed by atoms with Gasteiger partial charge in [0.25, 0.3) is 0 Å². The zero-order valence-electron chi connectivity index (χ0n) is 11.1. The Kier molecular flexibility index (Phi) is 6.82. The molecule has 0 unspecified atom stereocenters. The highest BCUT2D eigenvalue weighted by atomic mass is 32.2. The van der Waals surface area contributed by atoms with Gasteiger partial charge in [-0.1, -0.05) is 5.16 Å². The van der Waals surface area contributed by atoms with E-state index in [-0.39, 0.29) is 4.34 Å². The van der Waals surface area contributed by atoms with Crippen molar-refractivity contribution < 1.29 is 26.4 Å². The van der Waals surface area contributed by atoms with E-state index in [4.69, 9.17) is 4.84 Å². The highest BCUT2D eigenvalue weighted by Gasteiger charge is 2.20. The molecule has 5 nitrogen and oxygen atoms in total. The Morgan fingerprint density at radius 3 is 2.81 bits per heavy atom. The van der Waals surface area contributed by atoms with Crippen molar-refractivity contribution in [3.63, 3.8) is 0 Å². The molecule has 1 aromatic rings. The zero-order valence-corrected chi connectivity index (χ0v) is 12.7. The van der Waals surface area contributed by atoms with Crippen molar-refractivity contribution in [2.45, 2.75) is 24.1 Å². The molecule has 0 fully saturated rings. The van der Waals surface area contributed by atoms with Gasteiger partial charge < -0.3 is 4.84 Å². The Labute approximate surface area is 124 Å². The number of allylic oxidation sites excluding steroid dienone is 1. The molecule has 0 aliphatic rings.